The Morgan fingerprint density at radius 3 is 2.90 bits per heavy atom. The molecule has 0 aliphatic carbocycles. The highest BCUT2D eigenvalue weighted by Crippen LogP contribution is 2.34. The van der Waals surface area contributed by atoms with Crippen molar-refractivity contribution in [3.8, 4) is 0 Å². The molecule has 21 heavy (non-hydrogen) atoms. The first kappa shape index (κ1) is 15.8. The van der Waals surface area contributed by atoms with Gasteiger partial charge < -0.3 is 15.8 Å². The van der Waals surface area contributed by atoms with Crippen LogP contribution in [0.2, 0.25) is 0 Å². The third kappa shape index (κ3) is 3.54. The Labute approximate surface area is 129 Å². The average Bonchev–Trinajstić information content (AvgIpc) is 2.76. The van der Waals surface area contributed by atoms with Crippen molar-refractivity contribution >= 4 is 33.0 Å². The number of nitrogens with two attached hydrogens (primary N) is 1. The summed E-state index contributed by atoms with van der Waals surface area (Å²) >= 11 is 1.45. The lowest BCUT2D eigenvalue weighted by atomic mass is 10.1. The zero-order valence-corrected chi connectivity index (χ0v) is 13.5. The number of carbonyl (C=O) groups is 1. The van der Waals surface area contributed by atoms with Crippen molar-refractivity contribution in [1.82, 2.24) is 5.32 Å². The molecule has 0 aliphatic heterocycles. The van der Waals surface area contributed by atoms with Gasteiger partial charge in [0, 0.05) is 17.2 Å². The van der Waals surface area contributed by atoms with Crippen LogP contribution in [-0.2, 0) is 4.74 Å². The normalized spacial score (nSPS) is 12.5. The molecule has 0 aliphatic rings. The summed E-state index contributed by atoms with van der Waals surface area (Å²) in [6.45, 7) is 4.64. The van der Waals surface area contributed by atoms with E-state index < -0.39 is 0 Å². The van der Waals surface area contributed by atoms with Crippen molar-refractivity contribution in [2.45, 2.75) is 32.7 Å². The second-order valence-electron chi connectivity index (χ2n) is 5.26. The molecule has 0 saturated carbocycles. The maximum Gasteiger partial charge on any atom is 0.263 e. The Kier molecular flexibility index (Phi) is 5.20. The van der Waals surface area contributed by atoms with E-state index in [-0.39, 0.29) is 11.9 Å². The summed E-state index contributed by atoms with van der Waals surface area (Å²) in [5.41, 5.74) is 7.87. The van der Waals surface area contributed by atoms with Crippen LogP contribution in [0.25, 0.3) is 10.1 Å². The Hall–Kier alpha value is -1.59. The molecule has 0 fully saturated rings. The van der Waals surface area contributed by atoms with E-state index in [1.807, 2.05) is 19.1 Å². The van der Waals surface area contributed by atoms with Crippen molar-refractivity contribution in [1.29, 1.82) is 0 Å². The maximum absolute atomic E-state index is 12.4. The second-order valence-corrected chi connectivity index (χ2v) is 6.31. The molecule has 3 N–H and O–H groups in total. The first-order valence-corrected chi connectivity index (χ1v) is 7.96. The summed E-state index contributed by atoms with van der Waals surface area (Å²) in [7, 11) is 1.64. The van der Waals surface area contributed by atoms with Gasteiger partial charge in [-0.2, -0.15) is 0 Å². The largest absolute Gasteiger partial charge is 0.397 e. The molecule has 0 bridgehead atoms. The lowest BCUT2D eigenvalue weighted by Gasteiger charge is -2.16. The third-order valence-electron chi connectivity index (χ3n) is 3.43. The number of amides is 1. The van der Waals surface area contributed by atoms with Crippen molar-refractivity contribution in [3.05, 3.63) is 28.6 Å². The number of nitrogens with one attached hydrogen (secondary N) is 1. The van der Waals surface area contributed by atoms with Gasteiger partial charge in [-0.1, -0.05) is 25.5 Å². The lowest BCUT2D eigenvalue weighted by molar-refractivity contribution is 0.0896. The monoisotopic (exact) mass is 306 g/mol. The molecule has 1 atom stereocenters. The Balaban J connectivity index is 2.24. The molecule has 5 heteroatoms. The minimum Gasteiger partial charge on any atom is -0.397 e. The fourth-order valence-electron chi connectivity index (χ4n) is 2.39. The van der Waals surface area contributed by atoms with Gasteiger partial charge in [0.1, 0.15) is 4.88 Å². The molecular weight excluding hydrogens is 284 g/mol. The summed E-state index contributed by atoms with van der Waals surface area (Å²) in [6.07, 6.45) is 1.89. The van der Waals surface area contributed by atoms with Crippen LogP contribution < -0.4 is 11.1 Å². The van der Waals surface area contributed by atoms with Crippen LogP contribution >= 0.6 is 11.3 Å². The number of rotatable bonds is 6. The molecule has 114 valence electrons. The zero-order valence-electron chi connectivity index (χ0n) is 12.7. The van der Waals surface area contributed by atoms with Gasteiger partial charge in [0.2, 0.25) is 0 Å². The second kappa shape index (κ2) is 6.91. The number of benzene rings is 1. The Morgan fingerprint density at radius 2 is 2.24 bits per heavy atom. The predicted octanol–water partition coefficient (Wildman–Crippen LogP) is 3.34. The van der Waals surface area contributed by atoms with Crippen LogP contribution in [0.4, 0.5) is 5.69 Å². The van der Waals surface area contributed by atoms with Crippen LogP contribution in [0.1, 0.15) is 35.0 Å². The molecule has 2 aromatic rings. The fourth-order valence-corrected chi connectivity index (χ4v) is 3.51. The number of fused-ring (bicyclic) bond motifs is 1. The first-order valence-electron chi connectivity index (χ1n) is 7.15. The fraction of sp³-hybridized carbons (Fsp3) is 0.438. The Bertz CT molecular complexity index is 630. The van der Waals surface area contributed by atoms with Gasteiger partial charge in [0.25, 0.3) is 5.91 Å². The van der Waals surface area contributed by atoms with Crippen LogP contribution in [0.15, 0.2) is 18.2 Å². The summed E-state index contributed by atoms with van der Waals surface area (Å²) in [5, 5.41) is 3.97. The van der Waals surface area contributed by atoms with Gasteiger partial charge in [-0.15, -0.1) is 11.3 Å². The topological polar surface area (TPSA) is 64.3 Å². The van der Waals surface area contributed by atoms with E-state index in [0.717, 1.165) is 22.9 Å². The maximum atomic E-state index is 12.4. The number of anilines is 1. The highest BCUT2D eigenvalue weighted by atomic mass is 32.1. The van der Waals surface area contributed by atoms with Crippen molar-refractivity contribution in [2.75, 3.05) is 19.5 Å². The molecule has 1 unspecified atom stereocenters. The van der Waals surface area contributed by atoms with Crippen molar-refractivity contribution < 1.29 is 9.53 Å². The number of hydrogen-bond acceptors (Lipinski definition) is 4. The van der Waals surface area contributed by atoms with Crippen LogP contribution in [0, 0.1) is 6.92 Å². The SMILES string of the molecule is CCCC(COC)NC(=O)c1sc2cc(C)ccc2c1N. The molecule has 0 saturated heterocycles. The minimum absolute atomic E-state index is 0.0267. The molecular formula is C16H22N2O2S. The lowest BCUT2D eigenvalue weighted by Crippen LogP contribution is -2.37. The number of nitrogen functional groups attached to an aromatic ring is 1. The third-order valence-corrected chi connectivity index (χ3v) is 4.60. The van der Waals surface area contributed by atoms with Gasteiger partial charge in [0.05, 0.1) is 18.3 Å². The van der Waals surface area contributed by atoms with E-state index in [4.69, 9.17) is 10.5 Å². The van der Waals surface area contributed by atoms with Gasteiger partial charge in [-0.3, -0.25) is 4.79 Å². The standard InChI is InChI=1S/C16H22N2O2S/c1-4-5-11(9-20-3)18-16(19)15-14(17)12-7-6-10(2)8-13(12)21-15/h6-8,11H,4-5,9,17H2,1-3H3,(H,18,19). The van der Waals surface area contributed by atoms with Crippen LogP contribution in [-0.4, -0.2) is 25.7 Å². The van der Waals surface area contributed by atoms with Crippen LogP contribution in [0.3, 0.4) is 0 Å². The molecule has 0 spiro atoms. The summed E-state index contributed by atoms with van der Waals surface area (Å²) in [4.78, 5) is 13.0. The Morgan fingerprint density at radius 1 is 1.48 bits per heavy atom. The first-order chi connectivity index (χ1) is 10.1. The van der Waals surface area contributed by atoms with Gasteiger partial charge >= 0.3 is 0 Å². The van der Waals surface area contributed by atoms with Gasteiger partial charge in [-0.25, -0.2) is 0 Å². The average molecular weight is 306 g/mol. The number of ether oxygens (including phenoxy) is 1. The van der Waals surface area contributed by atoms with Crippen LogP contribution in [0.5, 0.6) is 0 Å². The molecule has 1 heterocycles. The van der Waals surface area contributed by atoms with Gasteiger partial charge in [0.15, 0.2) is 0 Å². The number of carbonyl (C=O) groups excluding carboxylic acids is 1. The predicted molar refractivity (Wildman–Crippen MR) is 89.0 cm³/mol. The highest BCUT2D eigenvalue weighted by molar-refractivity contribution is 7.21. The summed E-state index contributed by atoms with van der Waals surface area (Å²) in [5.74, 6) is -0.109. The van der Waals surface area contributed by atoms with Gasteiger partial charge in [-0.05, 0) is 25.0 Å². The van der Waals surface area contributed by atoms with E-state index >= 15 is 0 Å². The number of aryl methyl sites for hydroxylation is 1. The number of hydrogen-bond donors (Lipinski definition) is 2. The van der Waals surface area contributed by atoms with E-state index in [0.29, 0.717) is 17.2 Å². The smallest absolute Gasteiger partial charge is 0.263 e. The summed E-state index contributed by atoms with van der Waals surface area (Å²) < 4.78 is 6.21. The molecule has 1 aromatic heterocycles. The molecule has 1 aromatic carbocycles. The van der Waals surface area contributed by atoms with E-state index in [1.165, 1.54) is 16.9 Å². The van der Waals surface area contributed by atoms with Crippen molar-refractivity contribution in [3.63, 3.8) is 0 Å². The van der Waals surface area contributed by atoms with E-state index in [9.17, 15) is 4.79 Å². The van der Waals surface area contributed by atoms with Crippen molar-refractivity contribution in [2.24, 2.45) is 0 Å². The quantitative estimate of drug-likeness (QED) is 0.860. The molecule has 4 nitrogen and oxygen atoms in total. The molecule has 0 radical (unpaired) electrons. The van der Waals surface area contributed by atoms with E-state index in [1.54, 1.807) is 7.11 Å². The summed E-state index contributed by atoms with van der Waals surface area (Å²) in [6, 6.07) is 6.08. The molecule has 2 rings (SSSR count). The number of thiophene rings is 1. The highest BCUT2D eigenvalue weighted by Gasteiger charge is 2.19. The molecule has 1 amide bonds. The minimum atomic E-state index is -0.109. The number of methoxy groups -OCH3 is 1. The zero-order chi connectivity index (χ0) is 15.4. The van der Waals surface area contributed by atoms with E-state index in [2.05, 4.69) is 18.3 Å².